The summed E-state index contributed by atoms with van der Waals surface area (Å²) in [7, 11) is 1.30. The summed E-state index contributed by atoms with van der Waals surface area (Å²) in [5, 5.41) is 2.70. The zero-order chi connectivity index (χ0) is 22.6. The van der Waals surface area contributed by atoms with Gasteiger partial charge in [0.2, 0.25) is 5.91 Å². The van der Waals surface area contributed by atoms with E-state index >= 15 is 0 Å². The Labute approximate surface area is 188 Å². The second kappa shape index (κ2) is 12.3. The van der Waals surface area contributed by atoms with Crippen LogP contribution in [0.2, 0.25) is 0 Å². The fraction of sp³-hybridized carbons (Fsp3) is 0.231. The molecule has 32 heavy (non-hydrogen) atoms. The van der Waals surface area contributed by atoms with Crippen molar-refractivity contribution < 1.29 is 23.8 Å². The molecule has 166 valence electrons. The Bertz CT molecular complexity index is 991. The smallest absolute Gasteiger partial charge is 0.328 e. The minimum atomic E-state index is -0.822. The van der Waals surface area contributed by atoms with Gasteiger partial charge in [-0.3, -0.25) is 4.79 Å². The zero-order valence-corrected chi connectivity index (χ0v) is 18.0. The van der Waals surface area contributed by atoms with Crippen LogP contribution in [0.4, 0.5) is 0 Å². The Morgan fingerprint density at radius 2 is 1.44 bits per heavy atom. The van der Waals surface area contributed by atoms with Crippen LogP contribution >= 0.6 is 0 Å². The van der Waals surface area contributed by atoms with Crippen LogP contribution in [0.25, 0.3) is 0 Å². The van der Waals surface area contributed by atoms with Gasteiger partial charge in [-0.1, -0.05) is 72.8 Å². The first-order chi connectivity index (χ1) is 15.6. The molecule has 0 aliphatic carbocycles. The molecule has 0 radical (unpaired) electrons. The molecule has 0 aromatic heterocycles. The number of amides is 1. The molecule has 3 aromatic rings. The Morgan fingerprint density at radius 1 is 0.812 bits per heavy atom. The number of nitrogens with one attached hydrogen (secondary N) is 1. The first-order valence-electron chi connectivity index (χ1n) is 10.4. The van der Waals surface area contributed by atoms with E-state index < -0.39 is 12.0 Å². The lowest BCUT2D eigenvalue weighted by Crippen LogP contribution is -2.44. The summed E-state index contributed by atoms with van der Waals surface area (Å²) >= 11 is 0. The lowest BCUT2D eigenvalue weighted by molar-refractivity contribution is -0.145. The van der Waals surface area contributed by atoms with Crippen molar-refractivity contribution in [2.45, 2.75) is 25.7 Å². The van der Waals surface area contributed by atoms with E-state index in [1.807, 2.05) is 84.9 Å². The molecule has 0 fully saturated rings. The summed E-state index contributed by atoms with van der Waals surface area (Å²) in [5.74, 6) is -0.211. The van der Waals surface area contributed by atoms with E-state index in [0.29, 0.717) is 19.0 Å². The lowest BCUT2D eigenvalue weighted by Gasteiger charge is -2.17. The van der Waals surface area contributed by atoms with Gasteiger partial charge in [0.15, 0.2) is 0 Å². The number of hydrogen-bond donors (Lipinski definition) is 1. The van der Waals surface area contributed by atoms with Crippen molar-refractivity contribution in [2.24, 2.45) is 0 Å². The normalized spacial score (nSPS) is 11.4. The number of esters is 1. The highest BCUT2D eigenvalue weighted by molar-refractivity contribution is 5.85. The van der Waals surface area contributed by atoms with Crippen LogP contribution < -0.4 is 10.1 Å². The van der Waals surface area contributed by atoms with Gasteiger partial charge in [0, 0.05) is 6.42 Å². The highest BCUT2D eigenvalue weighted by Gasteiger charge is 2.22. The number of ether oxygens (including phenoxy) is 3. The van der Waals surface area contributed by atoms with Gasteiger partial charge in [-0.05, 0) is 28.8 Å². The van der Waals surface area contributed by atoms with Crippen LogP contribution in [-0.2, 0) is 38.7 Å². The molecule has 1 N–H and O–H groups in total. The average Bonchev–Trinajstić information content (AvgIpc) is 2.83. The summed E-state index contributed by atoms with van der Waals surface area (Å²) < 4.78 is 16.2. The highest BCUT2D eigenvalue weighted by Crippen LogP contribution is 2.17. The van der Waals surface area contributed by atoms with Gasteiger partial charge in [-0.2, -0.15) is 0 Å². The number of hydrogen-bond acceptors (Lipinski definition) is 5. The van der Waals surface area contributed by atoms with E-state index in [-0.39, 0.29) is 18.9 Å². The number of methoxy groups -OCH3 is 1. The predicted molar refractivity (Wildman–Crippen MR) is 121 cm³/mol. The maximum absolute atomic E-state index is 12.3. The van der Waals surface area contributed by atoms with Crippen molar-refractivity contribution in [3.8, 4) is 5.75 Å². The van der Waals surface area contributed by atoms with E-state index in [9.17, 15) is 9.59 Å². The van der Waals surface area contributed by atoms with E-state index in [0.717, 1.165) is 16.7 Å². The van der Waals surface area contributed by atoms with E-state index in [4.69, 9.17) is 14.2 Å². The summed E-state index contributed by atoms with van der Waals surface area (Å²) in [5.41, 5.74) is 2.88. The molecule has 0 saturated carbocycles. The molecular weight excluding hydrogens is 406 g/mol. The molecule has 0 bridgehead atoms. The molecule has 1 amide bonds. The zero-order valence-electron chi connectivity index (χ0n) is 18.0. The third kappa shape index (κ3) is 7.56. The van der Waals surface area contributed by atoms with Crippen molar-refractivity contribution in [1.29, 1.82) is 0 Å². The first kappa shape index (κ1) is 23.0. The van der Waals surface area contributed by atoms with Crippen LogP contribution in [0.15, 0.2) is 84.9 Å². The first-order valence-corrected chi connectivity index (χ1v) is 10.4. The maximum atomic E-state index is 12.3. The summed E-state index contributed by atoms with van der Waals surface area (Å²) in [6, 6.07) is 26.1. The van der Waals surface area contributed by atoms with E-state index in [1.165, 1.54) is 7.11 Å². The molecule has 1 atom stereocenters. The topological polar surface area (TPSA) is 73.9 Å². The number of carbonyl (C=O) groups excluding carboxylic acids is 2. The molecule has 6 heteroatoms. The van der Waals surface area contributed by atoms with Crippen LogP contribution in [0.3, 0.4) is 0 Å². The van der Waals surface area contributed by atoms with Gasteiger partial charge in [0.25, 0.3) is 0 Å². The van der Waals surface area contributed by atoms with E-state index in [2.05, 4.69) is 5.32 Å². The van der Waals surface area contributed by atoms with Crippen molar-refractivity contribution in [1.82, 2.24) is 5.32 Å². The van der Waals surface area contributed by atoms with Gasteiger partial charge in [0.05, 0.1) is 13.7 Å². The van der Waals surface area contributed by atoms with Crippen molar-refractivity contribution in [3.05, 3.63) is 102 Å². The van der Waals surface area contributed by atoms with Crippen LogP contribution in [-0.4, -0.2) is 31.6 Å². The fourth-order valence-electron chi connectivity index (χ4n) is 3.15. The van der Waals surface area contributed by atoms with Crippen LogP contribution in [0.5, 0.6) is 5.75 Å². The van der Waals surface area contributed by atoms with Crippen molar-refractivity contribution in [2.75, 3.05) is 13.7 Å². The SMILES string of the molecule is COC(=O)[C@@H](Cc1cccc(OCc2ccccc2)c1)NC(=O)COCc1ccccc1. The minimum absolute atomic E-state index is 0.150. The summed E-state index contributed by atoms with van der Waals surface area (Å²) in [4.78, 5) is 24.5. The molecule has 0 spiro atoms. The molecular formula is C26H27NO5. The Kier molecular flexibility index (Phi) is 8.83. The third-order valence-corrected chi connectivity index (χ3v) is 4.75. The maximum Gasteiger partial charge on any atom is 0.328 e. The third-order valence-electron chi connectivity index (χ3n) is 4.75. The van der Waals surface area contributed by atoms with Gasteiger partial charge in [-0.15, -0.1) is 0 Å². The predicted octanol–water partition coefficient (Wildman–Crippen LogP) is 3.68. The minimum Gasteiger partial charge on any atom is -0.489 e. The largest absolute Gasteiger partial charge is 0.489 e. The van der Waals surface area contributed by atoms with E-state index in [1.54, 1.807) is 0 Å². The van der Waals surface area contributed by atoms with Gasteiger partial charge in [0.1, 0.15) is 25.0 Å². The Hall–Kier alpha value is -3.64. The summed E-state index contributed by atoms with van der Waals surface area (Å²) in [6.07, 6.45) is 0.277. The fourth-order valence-corrected chi connectivity index (χ4v) is 3.15. The molecule has 3 rings (SSSR count). The highest BCUT2D eigenvalue weighted by atomic mass is 16.5. The quantitative estimate of drug-likeness (QED) is 0.467. The lowest BCUT2D eigenvalue weighted by atomic mass is 10.1. The molecule has 0 aliphatic heterocycles. The van der Waals surface area contributed by atoms with Crippen LogP contribution in [0, 0.1) is 0 Å². The molecule has 0 aliphatic rings. The molecule has 3 aromatic carbocycles. The summed E-state index contributed by atoms with van der Waals surface area (Å²) in [6.45, 7) is 0.612. The Balaban J connectivity index is 1.54. The number of benzene rings is 3. The molecule has 0 saturated heterocycles. The monoisotopic (exact) mass is 433 g/mol. The van der Waals surface area contributed by atoms with Gasteiger partial charge in [-0.25, -0.2) is 4.79 Å². The van der Waals surface area contributed by atoms with Crippen molar-refractivity contribution >= 4 is 11.9 Å². The number of rotatable bonds is 11. The molecule has 6 nitrogen and oxygen atoms in total. The molecule has 0 heterocycles. The second-order valence-corrected chi connectivity index (χ2v) is 7.25. The standard InChI is InChI=1S/C26H27NO5/c1-30-26(29)24(27-25(28)19-31-17-20-9-4-2-5-10-20)16-22-13-8-14-23(15-22)32-18-21-11-6-3-7-12-21/h2-15,24H,16-19H2,1H3,(H,27,28)/t24-/m1/s1. The second-order valence-electron chi connectivity index (χ2n) is 7.25. The number of carbonyl (C=O) groups is 2. The Morgan fingerprint density at radius 3 is 2.09 bits per heavy atom. The molecule has 0 unspecified atom stereocenters. The van der Waals surface area contributed by atoms with Crippen molar-refractivity contribution in [3.63, 3.8) is 0 Å². The van der Waals surface area contributed by atoms with Gasteiger partial charge >= 0.3 is 5.97 Å². The van der Waals surface area contributed by atoms with Crippen LogP contribution in [0.1, 0.15) is 16.7 Å². The van der Waals surface area contributed by atoms with Gasteiger partial charge < -0.3 is 19.5 Å². The average molecular weight is 434 g/mol.